The summed E-state index contributed by atoms with van der Waals surface area (Å²) in [4.78, 5) is 16.9. The topological polar surface area (TPSA) is 45.8 Å². The van der Waals surface area contributed by atoms with E-state index in [1.807, 2.05) is 0 Å². The maximum atomic E-state index is 13.4. The number of hydrogen-bond donors (Lipinski definition) is 1. The molecule has 5 heteroatoms. The zero-order chi connectivity index (χ0) is 10.3. The number of imidazole rings is 1. The second kappa shape index (κ2) is 2.87. The fourth-order valence-electron chi connectivity index (χ4n) is 1.33. The average molecular weight is 196 g/mol. The first kappa shape index (κ1) is 8.80. The maximum Gasteiger partial charge on any atom is 0.164 e. The van der Waals surface area contributed by atoms with Crippen LogP contribution in [0.1, 0.15) is 16.2 Å². The van der Waals surface area contributed by atoms with Crippen molar-refractivity contribution in [3.63, 3.8) is 0 Å². The summed E-state index contributed by atoms with van der Waals surface area (Å²) in [6.07, 6.45) is 0.147. The number of halogens is 2. The molecule has 1 aromatic heterocycles. The van der Waals surface area contributed by atoms with Crippen LogP contribution in [0.2, 0.25) is 0 Å². The van der Waals surface area contributed by atoms with Crippen LogP contribution in [0.5, 0.6) is 0 Å². The summed E-state index contributed by atoms with van der Waals surface area (Å²) in [5, 5.41) is 0. The minimum atomic E-state index is -0.917. The minimum Gasteiger partial charge on any atom is -0.342 e. The second-order valence-corrected chi connectivity index (χ2v) is 2.92. The lowest BCUT2D eigenvalue weighted by molar-refractivity contribution is 0.111. The fraction of sp³-hybridized carbons (Fsp3) is 0.111. The van der Waals surface area contributed by atoms with E-state index in [1.165, 1.54) is 0 Å². The van der Waals surface area contributed by atoms with E-state index in [0.29, 0.717) is 5.82 Å². The van der Waals surface area contributed by atoms with Crippen molar-refractivity contribution in [2.75, 3.05) is 0 Å². The molecule has 1 N–H and O–H groups in total. The number of benzene rings is 1. The van der Waals surface area contributed by atoms with E-state index in [1.54, 1.807) is 6.92 Å². The number of fused-ring (bicyclic) bond motifs is 1. The molecule has 0 aliphatic heterocycles. The Morgan fingerprint density at radius 1 is 1.50 bits per heavy atom. The first-order chi connectivity index (χ1) is 6.63. The number of rotatable bonds is 1. The van der Waals surface area contributed by atoms with Gasteiger partial charge in [-0.1, -0.05) is 0 Å². The van der Waals surface area contributed by atoms with E-state index in [2.05, 4.69) is 9.97 Å². The van der Waals surface area contributed by atoms with Crippen molar-refractivity contribution in [1.29, 1.82) is 0 Å². The molecule has 3 nitrogen and oxygen atoms in total. The van der Waals surface area contributed by atoms with E-state index in [9.17, 15) is 13.6 Å². The van der Waals surface area contributed by atoms with E-state index in [-0.39, 0.29) is 17.3 Å². The van der Waals surface area contributed by atoms with Gasteiger partial charge in [-0.25, -0.2) is 13.8 Å². The highest BCUT2D eigenvalue weighted by Crippen LogP contribution is 2.20. The van der Waals surface area contributed by atoms with Crippen LogP contribution in [0, 0.1) is 18.6 Å². The summed E-state index contributed by atoms with van der Waals surface area (Å²) >= 11 is 0. The Morgan fingerprint density at radius 2 is 2.21 bits per heavy atom. The molecule has 0 radical (unpaired) electrons. The lowest BCUT2D eigenvalue weighted by Crippen LogP contribution is -1.94. The van der Waals surface area contributed by atoms with Gasteiger partial charge in [-0.2, -0.15) is 0 Å². The van der Waals surface area contributed by atoms with Crippen LogP contribution in [0.25, 0.3) is 11.0 Å². The summed E-state index contributed by atoms with van der Waals surface area (Å²) in [5.74, 6) is -1.32. The molecule has 2 rings (SSSR count). The van der Waals surface area contributed by atoms with Crippen LogP contribution >= 0.6 is 0 Å². The van der Waals surface area contributed by atoms with Gasteiger partial charge >= 0.3 is 0 Å². The predicted octanol–water partition coefficient (Wildman–Crippen LogP) is 1.96. The number of carbonyl (C=O) groups is 1. The van der Waals surface area contributed by atoms with E-state index in [4.69, 9.17) is 0 Å². The molecular weight excluding hydrogens is 190 g/mol. The Hall–Kier alpha value is -1.78. The lowest BCUT2D eigenvalue weighted by Gasteiger charge is -1.96. The van der Waals surface area contributed by atoms with Gasteiger partial charge in [0, 0.05) is 6.07 Å². The monoisotopic (exact) mass is 196 g/mol. The highest BCUT2D eigenvalue weighted by Gasteiger charge is 2.15. The highest BCUT2D eigenvalue weighted by atomic mass is 19.1. The van der Waals surface area contributed by atoms with Gasteiger partial charge in [0.1, 0.15) is 17.2 Å². The van der Waals surface area contributed by atoms with E-state index >= 15 is 0 Å². The number of nitrogens with zero attached hydrogens (tertiary/aromatic N) is 1. The van der Waals surface area contributed by atoms with Gasteiger partial charge in [-0.05, 0) is 6.92 Å². The third kappa shape index (κ3) is 1.09. The molecule has 0 saturated carbocycles. The predicted molar refractivity (Wildman–Crippen MR) is 46.1 cm³/mol. The molecule has 2 aromatic rings. The SMILES string of the molecule is Cc1nc2c(F)c(C=O)c(F)cc2[nH]1. The van der Waals surface area contributed by atoms with Crippen molar-refractivity contribution in [2.24, 2.45) is 0 Å². The van der Waals surface area contributed by atoms with Crippen LogP contribution in [0.3, 0.4) is 0 Å². The third-order valence-electron chi connectivity index (χ3n) is 1.94. The molecule has 0 spiro atoms. The van der Waals surface area contributed by atoms with Crippen LogP contribution < -0.4 is 0 Å². The second-order valence-electron chi connectivity index (χ2n) is 2.92. The van der Waals surface area contributed by atoms with Gasteiger partial charge in [-0.15, -0.1) is 0 Å². The number of aromatic nitrogens is 2. The summed E-state index contributed by atoms with van der Waals surface area (Å²) in [7, 11) is 0. The number of aromatic amines is 1. The smallest absolute Gasteiger partial charge is 0.164 e. The van der Waals surface area contributed by atoms with Crippen molar-refractivity contribution in [1.82, 2.24) is 9.97 Å². The molecule has 0 saturated heterocycles. The van der Waals surface area contributed by atoms with Crippen LogP contribution in [-0.4, -0.2) is 16.3 Å². The lowest BCUT2D eigenvalue weighted by atomic mass is 10.2. The summed E-state index contributed by atoms with van der Waals surface area (Å²) in [6.45, 7) is 1.62. The summed E-state index contributed by atoms with van der Waals surface area (Å²) in [5.41, 5.74) is -0.335. The number of H-pyrrole nitrogens is 1. The molecule has 0 amide bonds. The van der Waals surface area contributed by atoms with Crippen molar-refractivity contribution in [2.45, 2.75) is 6.92 Å². The van der Waals surface area contributed by atoms with Gasteiger partial charge in [-0.3, -0.25) is 4.79 Å². The third-order valence-corrected chi connectivity index (χ3v) is 1.94. The quantitative estimate of drug-likeness (QED) is 0.708. The highest BCUT2D eigenvalue weighted by molar-refractivity contribution is 5.86. The molecule has 1 aromatic carbocycles. The fourth-order valence-corrected chi connectivity index (χ4v) is 1.33. The van der Waals surface area contributed by atoms with Gasteiger partial charge in [0.25, 0.3) is 0 Å². The Bertz CT molecular complexity index is 519. The molecule has 1 heterocycles. The Morgan fingerprint density at radius 3 is 2.86 bits per heavy atom. The van der Waals surface area contributed by atoms with Gasteiger partial charge in [0.05, 0.1) is 11.1 Å². The first-order valence-corrected chi connectivity index (χ1v) is 3.93. The Labute approximate surface area is 77.8 Å². The number of aldehydes is 1. The summed E-state index contributed by atoms with van der Waals surface area (Å²) < 4.78 is 26.5. The molecule has 72 valence electrons. The minimum absolute atomic E-state index is 0.00833. The zero-order valence-electron chi connectivity index (χ0n) is 7.27. The van der Waals surface area contributed by atoms with Crippen molar-refractivity contribution >= 4 is 17.3 Å². The number of carbonyl (C=O) groups excluding carboxylic acids is 1. The molecule has 0 unspecified atom stereocenters. The molecule has 0 bridgehead atoms. The number of aryl methyl sites for hydroxylation is 1. The number of hydrogen-bond acceptors (Lipinski definition) is 2. The molecule has 0 atom stereocenters. The Balaban J connectivity index is 2.91. The normalized spacial score (nSPS) is 10.8. The standard InChI is InChI=1S/C9H6F2N2O/c1-4-12-7-2-6(10)5(3-14)8(11)9(7)13-4/h2-3H,1H3,(H,12,13). The van der Waals surface area contributed by atoms with Crippen molar-refractivity contribution < 1.29 is 13.6 Å². The number of nitrogens with one attached hydrogen (secondary N) is 1. The summed E-state index contributed by atoms with van der Waals surface area (Å²) in [6, 6.07) is 1.06. The van der Waals surface area contributed by atoms with Crippen molar-refractivity contribution in [3.8, 4) is 0 Å². The largest absolute Gasteiger partial charge is 0.342 e. The molecule has 0 aliphatic rings. The van der Waals surface area contributed by atoms with Gasteiger partial charge in [0.15, 0.2) is 12.1 Å². The molecule has 0 fully saturated rings. The van der Waals surface area contributed by atoms with E-state index < -0.39 is 17.2 Å². The van der Waals surface area contributed by atoms with Crippen LogP contribution in [-0.2, 0) is 0 Å². The van der Waals surface area contributed by atoms with Crippen LogP contribution in [0.15, 0.2) is 6.07 Å². The molecule has 14 heavy (non-hydrogen) atoms. The van der Waals surface area contributed by atoms with Crippen LogP contribution in [0.4, 0.5) is 8.78 Å². The average Bonchev–Trinajstić information content (AvgIpc) is 2.47. The van der Waals surface area contributed by atoms with E-state index in [0.717, 1.165) is 6.07 Å². The molecule has 0 aliphatic carbocycles. The first-order valence-electron chi connectivity index (χ1n) is 3.93. The molecular formula is C9H6F2N2O. The zero-order valence-corrected chi connectivity index (χ0v) is 7.27. The van der Waals surface area contributed by atoms with Gasteiger partial charge in [0.2, 0.25) is 0 Å². The maximum absolute atomic E-state index is 13.4. The Kier molecular flexibility index (Phi) is 1.80. The van der Waals surface area contributed by atoms with Gasteiger partial charge < -0.3 is 4.98 Å². The van der Waals surface area contributed by atoms with Crippen molar-refractivity contribution in [3.05, 3.63) is 29.1 Å².